The molecule has 0 aliphatic rings. The summed E-state index contributed by atoms with van der Waals surface area (Å²) in [6, 6.07) is 9.65. The largest absolute Gasteiger partial charge is 0.313 e. The summed E-state index contributed by atoms with van der Waals surface area (Å²) in [5, 5.41) is 0. The maximum atomic E-state index is 13.2. The average Bonchev–Trinajstić information content (AvgIpc) is 3.21. The molecule has 27 heavy (non-hydrogen) atoms. The molecule has 0 saturated carbocycles. The Morgan fingerprint density at radius 3 is 3.04 bits per heavy atom. The second kappa shape index (κ2) is 7.13. The van der Waals surface area contributed by atoms with Crippen molar-refractivity contribution in [3.8, 4) is 0 Å². The van der Waals surface area contributed by atoms with Crippen molar-refractivity contribution in [3.05, 3.63) is 91.5 Å². The topological polar surface area (TPSA) is 67.2 Å². The van der Waals surface area contributed by atoms with E-state index in [4.69, 9.17) is 0 Å². The van der Waals surface area contributed by atoms with Crippen LogP contribution in [0.5, 0.6) is 0 Å². The Hall–Kier alpha value is -3.32. The van der Waals surface area contributed by atoms with Crippen LogP contribution in [-0.4, -0.2) is 20.2 Å². The van der Waals surface area contributed by atoms with E-state index < -0.39 is 0 Å². The number of nitrogens with one attached hydrogen (secondary N) is 1. The van der Waals surface area contributed by atoms with E-state index in [0.717, 1.165) is 11.2 Å². The normalized spacial score (nSPS) is 12.8. The molecular weight excluding hydrogens is 365 g/mol. The fraction of sp³-hybridized carbons (Fsp3) is 0.0500. The lowest BCUT2D eigenvalue weighted by atomic mass is 10.1. The van der Waals surface area contributed by atoms with Gasteiger partial charge in [0.15, 0.2) is 5.78 Å². The van der Waals surface area contributed by atoms with Crippen LogP contribution in [0.3, 0.4) is 0 Å². The Bertz CT molecular complexity index is 1320. The summed E-state index contributed by atoms with van der Waals surface area (Å²) in [5.74, 6) is -0.582. The van der Waals surface area contributed by atoms with E-state index in [1.807, 2.05) is 28.9 Å². The number of carbonyl (C=O) groups is 1. The molecule has 3 heterocycles. The van der Waals surface area contributed by atoms with Crippen molar-refractivity contribution in [2.75, 3.05) is 0 Å². The highest BCUT2D eigenvalue weighted by Crippen LogP contribution is 2.06. The predicted molar refractivity (Wildman–Crippen MR) is 103 cm³/mol. The molecule has 1 N–H and O–H groups in total. The first kappa shape index (κ1) is 17.1. The van der Waals surface area contributed by atoms with Gasteiger partial charge in [0.1, 0.15) is 11.5 Å². The Balaban J connectivity index is 1.63. The fourth-order valence-electron chi connectivity index (χ4n) is 2.74. The zero-order valence-corrected chi connectivity index (χ0v) is 14.9. The quantitative estimate of drug-likeness (QED) is 0.586. The first-order chi connectivity index (χ1) is 13.1. The van der Waals surface area contributed by atoms with Gasteiger partial charge in [-0.05, 0) is 41.5 Å². The number of aromatic amines is 1. The zero-order valence-electron chi connectivity index (χ0n) is 14.1. The van der Waals surface area contributed by atoms with Crippen LogP contribution in [0, 0.1) is 5.82 Å². The number of fused-ring (bicyclic) bond motifs is 1. The average molecular weight is 379 g/mol. The van der Waals surface area contributed by atoms with E-state index in [-0.39, 0.29) is 23.6 Å². The van der Waals surface area contributed by atoms with Crippen LogP contribution >= 0.6 is 11.3 Å². The number of hydrogen-bond donors (Lipinski definition) is 1. The summed E-state index contributed by atoms with van der Waals surface area (Å²) in [6.07, 6.45) is 8.63. The van der Waals surface area contributed by atoms with Crippen LogP contribution in [0.25, 0.3) is 17.8 Å². The number of imidazole rings is 1. The molecule has 3 aromatic heterocycles. The SMILES string of the molecule is O=C(/C=c1\[nH]c(=O)/c(=C/c2ccc3nccn3c2)s1)Cc1cccc(F)c1. The van der Waals surface area contributed by atoms with Gasteiger partial charge in [0.05, 0.1) is 9.20 Å². The minimum absolute atomic E-state index is 0.0774. The smallest absolute Gasteiger partial charge is 0.266 e. The standard InChI is InChI=1S/C20H14FN3O2S/c21-15-3-1-2-13(8-15)9-16(25)11-19-23-20(26)17(27-19)10-14-4-5-18-22-6-7-24(18)12-14/h1-8,10-12H,9H2,(H,23,26)/b17-10-,19-11+. The van der Waals surface area contributed by atoms with Crippen molar-refractivity contribution in [2.24, 2.45) is 0 Å². The van der Waals surface area contributed by atoms with Gasteiger partial charge in [-0.15, -0.1) is 11.3 Å². The molecule has 0 aliphatic heterocycles. The molecule has 0 aliphatic carbocycles. The fourth-order valence-corrected chi connectivity index (χ4v) is 3.65. The molecule has 0 radical (unpaired) electrons. The number of hydrogen-bond acceptors (Lipinski definition) is 4. The summed E-state index contributed by atoms with van der Waals surface area (Å²) in [7, 11) is 0. The lowest BCUT2D eigenvalue weighted by Crippen LogP contribution is -2.20. The van der Waals surface area contributed by atoms with E-state index in [1.165, 1.54) is 29.5 Å². The maximum absolute atomic E-state index is 13.2. The number of Topliss-reactive ketones (excluding diaryl/α,β-unsaturated/α-hetero) is 1. The molecule has 5 nitrogen and oxygen atoms in total. The Morgan fingerprint density at radius 1 is 1.30 bits per heavy atom. The molecule has 0 amide bonds. The van der Waals surface area contributed by atoms with Gasteiger partial charge in [0.25, 0.3) is 5.56 Å². The maximum Gasteiger partial charge on any atom is 0.266 e. The predicted octanol–water partition coefficient (Wildman–Crippen LogP) is 1.64. The monoisotopic (exact) mass is 379 g/mol. The van der Waals surface area contributed by atoms with Crippen LogP contribution in [0.1, 0.15) is 11.1 Å². The molecule has 4 rings (SSSR count). The van der Waals surface area contributed by atoms with Gasteiger partial charge in [-0.25, -0.2) is 9.37 Å². The number of rotatable bonds is 4. The van der Waals surface area contributed by atoms with Crippen molar-refractivity contribution in [3.63, 3.8) is 0 Å². The number of halogens is 1. The number of benzene rings is 1. The lowest BCUT2D eigenvalue weighted by Gasteiger charge is -1.96. The van der Waals surface area contributed by atoms with Gasteiger partial charge < -0.3 is 9.38 Å². The molecule has 1 aromatic carbocycles. The van der Waals surface area contributed by atoms with E-state index in [0.29, 0.717) is 14.8 Å². The van der Waals surface area contributed by atoms with Crippen LogP contribution in [0.4, 0.5) is 4.39 Å². The highest BCUT2D eigenvalue weighted by atomic mass is 32.1. The third-order valence-corrected chi connectivity index (χ3v) is 4.91. The van der Waals surface area contributed by atoms with Crippen LogP contribution in [-0.2, 0) is 11.2 Å². The van der Waals surface area contributed by atoms with Gasteiger partial charge in [-0.2, -0.15) is 0 Å². The van der Waals surface area contributed by atoms with Gasteiger partial charge >= 0.3 is 0 Å². The van der Waals surface area contributed by atoms with Gasteiger partial charge in [-0.1, -0.05) is 12.1 Å². The number of carbonyl (C=O) groups excluding carboxylic acids is 1. The number of nitrogens with zero attached hydrogens (tertiary/aromatic N) is 2. The molecule has 0 fully saturated rings. The van der Waals surface area contributed by atoms with Crippen LogP contribution < -0.4 is 14.8 Å². The van der Waals surface area contributed by atoms with Gasteiger partial charge in [0.2, 0.25) is 0 Å². The minimum Gasteiger partial charge on any atom is -0.313 e. The van der Waals surface area contributed by atoms with Crippen molar-refractivity contribution in [1.82, 2.24) is 14.4 Å². The summed E-state index contributed by atoms with van der Waals surface area (Å²) in [4.78, 5) is 31.2. The van der Waals surface area contributed by atoms with Crippen molar-refractivity contribution in [2.45, 2.75) is 6.42 Å². The number of thiazole rings is 1. The third kappa shape index (κ3) is 3.93. The zero-order chi connectivity index (χ0) is 18.8. The minimum atomic E-state index is -0.378. The Kier molecular flexibility index (Phi) is 4.52. The van der Waals surface area contributed by atoms with E-state index in [9.17, 15) is 14.0 Å². The number of ketones is 1. The molecule has 0 bridgehead atoms. The Labute approximate surface area is 156 Å². The first-order valence-corrected chi connectivity index (χ1v) is 9.01. The van der Waals surface area contributed by atoms with Crippen LogP contribution in [0.2, 0.25) is 0 Å². The van der Waals surface area contributed by atoms with Gasteiger partial charge in [0, 0.05) is 31.1 Å². The molecule has 7 heteroatoms. The second-order valence-electron chi connectivity index (χ2n) is 6.00. The molecule has 134 valence electrons. The van der Waals surface area contributed by atoms with E-state index in [2.05, 4.69) is 9.97 Å². The van der Waals surface area contributed by atoms with E-state index >= 15 is 0 Å². The number of H-pyrrole nitrogens is 1. The van der Waals surface area contributed by atoms with Crippen molar-refractivity contribution in [1.29, 1.82) is 0 Å². The summed E-state index contributed by atoms with van der Waals surface area (Å²) in [5.41, 5.74) is 2.01. The first-order valence-electron chi connectivity index (χ1n) is 8.19. The molecule has 0 spiro atoms. The summed E-state index contributed by atoms with van der Waals surface area (Å²) < 4.78 is 16.0. The number of pyridine rings is 1. The third-order valence-electron chi connectivity index (χ3n) is 3.95. The highest BCUT2D eigenvalue weighted by Gasteiger charge is 2.03. The molecule has 4 aromatic rings. The molecule has 0 unspecified atom stereocenters. The van der Waals surface area contributed by atoms with Crippen LogP contribution in [0.15, 0.2) is 59.8 Å². The van der Waals surface area contributed by atoms with Gasteiger partial charge in [-0.3, -0.25) is 9.59 Å². The highest BCUT2D eigenvalue weighted by molar-refractivity contribution is 7.07. The second-order valence-corrected chi connectivity index (χ2v) is 7.09. The number of aromatic nitrogens is 3. The summed E-state index contributed by atoms with van der Waals surface area (Å²) in [6.45, 7) is 0. The summed E-state index contributed by atoms with van der Waals surface area (Å²) >= 11 is 1.20. The lowest BCUT2D eigenvalue weighted by molar-refractivity contribution is -0.112. The molecular formula is C20H14FN3O2S. The van der Waals surface area contributed by atoms with Crippen molar-refractivity contribution < 1.29 is 9.18 Å². The molecule has 0 saturated heterocycles. The Morgan fingerprint density at radius 2 is 2.19 bits per heavy atom. The molecule has 0 atom stereocenters. The van der Waals surface area contributed by atoms with Crippen molar-refractivity contribution >= 4 is 34.9 Å². The van der Waals surface area contributed by atoms with E-state index in [1.54, 1.807) is 24.4 Å².